The molecule has 10 nitrogen and oxygen atoms in total. The van der Waals surface area contributed by atoms with E-state index in [-0.39, 0.29) is 57.9 Å². The third-order valence-electron chi connectivity index (χ3n) is 10.6. The first-order chi connectivity index (χ1) is 25.4. The fraction of sp³-hybridized carbons (Fsp3) is 0.512. The molecule has 1 saturated carbocycles. The predicted octanol–water partition coefficient (Wildman–Crippen LogP) is 9.23. The van der Waals surface area contributed by atoms with Gasteiger partial charge in [0.05, 0.1) is 27.3 Å². The van der Waals surface area contributed by atoms with Gasteiger partial charge in [0.2, 0.25) is 5.95 Å². The largest absolute Gasteiger partial charge is 0.460 e. The van der Waals surface area contributed by atoms with E-state index in [1.54, 1.807) is 4.90 Å². The Morgan fingerprint density at radius 1 is 1.02 bits per heavy atom. The molecule has 1 aliphatic heterocycles. The quantitative estimate of drug-likeness (QED) is 0.152. The van der Waals surface area contributed by atoms with E-state index in [1.165, 1.54) is 12.1 Å². The minimum absolute atomic E-state index is 0.00788. The SMILES string of the molecule is C[C@H](N(CC(=O)OCc1ccccc1)Cc1ccc2c(c1)nc(NC(=O)c1ccc(C(F)F)s1)n2[C@H]1C[C@]2(CCN(C(=O)OC(C)(C)C)C2)C1)C(C)(C)C. The summed E-state index contributed by atoms with van der Waals surface area (Å²) in [5.74, 6) is -0.482. The first-order valence-electron chi connectivity index (χ1n) is 18.5. The molecule has 1 spiro atoms. The van der Waals surface area contributed by atoms with Crippen LogP contribution in [0.4, 0.5) is 19.5 Å². The smallest absolute Gasteiger partial charge is 0.410 e. The number of carbonyl (C=O) groups is 3. The van der Waals surface area contributed by atoms with Gasteiger partial charge in [-0.2, -0.15) is 0 Å². The van der Waals surface area contributed by atoms with Crippen LogP contribution in [-0.2, 0) is 27.4 Å². The highest BCUT2D eigenvalue weighted by atomic mass is 32.1. The van der Waals surface area contributed by atoms with Crippen LogP contribution in [0.2, 0.25) is 0 Å². The molecule has 2 aromatic heterocycles. The molecule has 1 aliphatic carbocycles. The number of ether oxygens (including phenoxy) is 2. The molecule has 2 fully saturated rings. The second-order valence-electron chi connectivity index (χ2n) is 16.9. The lowest BCUT2D eigenvalue weighted by atomic mass is 9.65. The lowest BCUT2D eigenvalue weighted by Gasteiger charge is -2.46. The molecule has 4 aromatic rings. The van der Waals surface area contributed by atoms with E-state index in [2.05, 4.69) is 37.9 Å². The lowest BCUT2D eigenvalue weighted by molar-refractivity contribution is -0.147. The fourth-order valence-electron chi connectivity index (χ4n) is 7.39. The molecule has 0 radical (unpaired) electrons. The number of nitrogens with one attached hydrogen (secondary N) is 1. The van der Waals surface area contributed by atoms with Gasteiger partial charge in [-0.25, -0.2) is 18.6 Å². The fourth-order valence-corrected chi connectivity index (χ4v) is 8.15. The van der Waals surface area contributed by atoms with Gasteiger partial charge in [0.15, 0.2) is 0 Å². The summed E-state index contributed by atoms with van der Waals surface area (Å²) in [5, 5.41) is 2.92. The summed E-state index contributed by atoms with van der Waals surface area (Å²) in [6.07, 6.45) is -0.571. The van der Waals surface area contributed by atoms with Gasteiger partial charge >= 0.3 is 12.1 Å². The van der Waals surface area contributed by atoms with Gasteiger partial charge < -0.3 is 18.9 Å². The molecule has 1 atom stereocenters. The number of likely N-dealkylation sites (tertiary alicyclic amines) is 1. The van der Waals surface area contributed by atoms with Crippen molar-refractivity contribution in [3.05, 3.63) is 81.5 Å². The average Bonchev–Trinajstić information content (AvgIpc) is 3.83. The molecule has 1 N–H and O–H groups in total. The molecule has 2 amide bonds. The highest BCUT2D eigenvalue weighted by Crippen LogP contribution is 2.55. The molecule has 0 unspecified atom stereocenters. The number of esters is 1. The van der Waals surface area contributed by atoms with Crippen molar-refractivity contribution in [1.29, 1.82) is 0 Å². The van der Waals surface area contributed by atoms with E-state index in [0.29, 0.717) is 31.1 Å². The summed E-state index contributed by atoms with van der Waals surface area (Å²) in [6, 6.07) is 18.3. The van der Waals surface area contributed by atoms with Gasteiger partial charge in [-0.15, -0.1) is 11.3 Å². The Morgan fingerprint density at radius 2 is 1.74 bits per heavy atom. The van der Waals surface area contributed by atoms with Gasteiger partial charge in [0.1, 0.15) is 12.2 Å². The molecule has 3 heterocycles. The van der Waals surface area contributed by atoms with Crippen LogP contribution in [0.1, 0.15) is 106 Å². The molecule has 54 heavy (non-hydrogen) atoms. The van der Waals surface area contributed by atoms with Crippen LogP contribution in [-0.4, -0.2) is 68.6 Å². The number of alkyl halides is 2. The second kappa shape index (κ2) is 15.4. The van der Waals surface area contributed by atoms with E-state index in [9.17, 15) is 23.2 Å². The Hall–Kier alpha value is -4.36. The number of fused-ring (bicyclic) bond motifs is 1. The zero-order valence-electron chi connectivity index (χ0n) is 32.2. The Labute approximate surface area is 319 Å². The minimum atomic E-state index is -2.66. The molecular formula is C41H51F2N5O5S. The summed E-state index contributed by atoms with van der Waals surface area (Å²) in [5.41, 5.74) is 2.57. The second-order valence-corrected chi connectivity index (χ2v) is 18.0. The normalized spacial score (nSPS) is 19.4. The highest BCUT2D eigenvalue weighted by Gasteiger charge is 2.51. The first-order valence-corrected chi connectivity index (χ1v) is 19.3. The van der Waals surface area contributed by atoms with Crippen molar-refractivity contribution in [3.8, 4) is 0 Å². The summed E-state index contributed by atoms with van der Waals surface area (Å²) < 4.78 is 40.0. The maximum absolute atomic E-state index is 13.4. The summed E-state index contributed by atoms with van der Waals surface area (Å²) in [7, 11) is 0. The van der Waals surface area contributed by atoms with Crippen LogP contribution in [0.15, 0.2) is 60.7 Å². The molecule has 1 saturated heterocycles. The van der Waals surface area contributed by atoms with Crippen molar-refractivity contribution < 1.29 is 32.6 Å². The average molecular weight is 764 g/mol. The Balaban J connectivity index is 1.24. The number of aromatic nitrogens is 2. The molecule has 13 heteroatoms. The maximum Gasteiger partial charge on any atom is 0.410 e. The lowest BCUT2D eigenvalue weighted by Crippen LogP contribution is -2.44. The van der Waals surface area contributed by atoms with E-state index in [1.807, 2.05) is 73.9 Å². The zero-order chi connectivity index (χ0) is 39.0. The van der Waals surface area contributed by atoms with Crippen LogP contribution in [0.5, 0.6) is 0 Å². The number of imidazole rings is 1. The monoisotopic (exact) mass is 763 g/mol. The standard InChI is InChI=1S/C41H51F2N5O5S/c1-26(39(2,3)4)47(23-34(49)52-24-27-11-9-8-10-12-27)22-28-13-14-31-30(19-28)44-37(45-36(50)33-16-15-32(54-33)35(42)43)48(31)29-20-41(21-29)17-18-46(25-41)38(51)53-40(5,6)7/h8-16,19,26,29,35H,17-18,20-25H2,1-7H3,(H,44,45,50)/t26-,29-,41+/m0/s1. The van der Waals surface area contributed by atoms with Gasteiger partial charge in [-0.05, 0) is 93.2 Å². The van der Waals surface area contributed by atoms with E-state index in [0.717, 1.165) is 47.2 Å². The van der Waals surface area contributed by atoms with Crippen molar-refractivity contribution in [1.82, 2.24) is 19.4 Å². The van der Waals surface area contributed by atoms with Crippen LogP contribution >= 0.6 is 11.3 Å². The van der Waals surface area contributed by atoms with E-state index >= 15 is 0 Å². The molecule has 0 bridgehead atoms. The molecule has 2 aliphatic rings. The number of benzene rings is 2. The number of carbonyl (C=O) groups excluding carboxylic acids is 3. The van der Waals surface area contributed by atoms with Crippen molar-refractivity contribution in [3.63, 3.8) is 0 Å². The predicted molar refractivity (Wildman–Crippen MR) is 206 cm³/mol. The zero-order valence-corrected chi connectivity index (χ0v) is 33.0. The Kier molecular flexibility index (Phi) is 11.2. The number of thiophene rings is 1. The number of anilines is 1. The molecule has 290 valence electrons. The van der Waals surface area contributed by atoms with E-state index < -0.39 is 17.9 Å². The Bertz CT molecular complexity index is 1980. The highest BCUT2D eigenvalue weighted by molar-refractivity contribution is 7.14. The molecular weight excluding hydrogens is 713 g/mol. The van der Waals surface area contributed by atoms with Crippen molar-refractivity contribution >= 4 is 46.3 Å². The number of hydrogen-bond donors (Lipinski definition) is 1. The number of amides is 2. The summed E-state index contributed by atoms with van der Waals surface area (Å²) in [4.78, 5) is 48.2. The Morgan fingerprint density at radius 3 is 2.39 bits per heavy atom. The van der Waals surface area contributed by atoms with Gasteiger partial charge in [0, 0.05) is 31.7 Å². The third-order valence-corrected chi connectivity index (χ3v) is 11.7. The summed E-state index contributed by atoms with van der Waals surface area (Å²) in [6.45, 7) is 16.1. The van der Waals surface area contributed by atoms with Gasteiger partial charge in [-0.1, -0.05) is 57.2 Å². The van der Waals surface area contributed by atoms with Crippen LogP contribution in [0.3, 0.4) is 0 Å². The van der Waals surface area contributed by atoms with Crippen molar-refractivity contribution in [2.24, 2.45) is 10.8 Å². The number of hydrogen-bond acceptors (Lipinski definition) is 8. The van der Waals surface area contributed by atoms with Gasteiger partial charge in [0.25, 0.3) is 12.3 Å². The molecule has 6 rings (SSSR count). The maximum atomic E-state index is 13.4. The van der Waals surface area contributed by atoms with Crippen LogP contribution in [0.25, 0.3) is 11.0 Å². The van der Waals surface area contributed by atoms with Crippen molar-refractivity contribution in [2.75, 3.05) is 25.0 Å². The third kappa shape index (κ3) is 9.11. The van der Waals surface area contributed by atoms with Crippen LogP contribution in [0, 0.1) is 10.8 Å². The summed E-state index contributed by atoms with van der Waals surface area (Å²) >= 11 is 0.760. The number of rotatable bonds is 11. The van der Waals surface area contributed by atoms with E-state index in [4.69, 9.17) is 14.5 Å². The first kappa shape index (κ1) is 39.3. The van der Waals surface area contributed by atoms with Crippen LogP contribution < -0.4 is 5.32 Å². The van der Waals surface area contributed by atoms with Gasteiger partial charge in [-0.3, -0.25) is 19.8 Å². The topological polar surface area (TPSA) is 106 Å². The number of halogens is 2. The van der Waals surface area contributed by atoms with Crippen molar-refractivity contribution in [2.45, 2.75) is 105 Å². The molecule has 2 aromatic carbocycles. The number of nitrogens with zero attached hydrogens (tertiary/aromatic N) is 4. The minimum Gasteiger partial charge on any atom is -0.460 e.